The predicted octanol–water partition coefficient (Wildman–Crippen LogP) is 3.72. The topological polar surface area (TPSA) is 66.5 Å². The van der Waals surface area contributed by atoms with Gasteiger partial charge in [-0.1, -0.05) is 18.6 Å². The molecule has 0 aromatic heterocycles. The van der Waals surface area contributed by atoms with Crippen LogP contribution >= 0.6 is 22.6 Å². The molecule has 0 saturated carbocycles. The van der Waals surface area contributed by atoms with Crippen molar-refractivity contribution in [1.82, 2.24) is 4.31 Å². The van der Waals surface area contributed by atoms with E-state index in [0.717, 1.165) is 22.8 Å². The molecule has 2 aromatic carbocycles. The van der Waals surface area contributed by atoms with Crippen LogP contribution in [0.15, 0.2) is 53.4 Å². The highest BCUT2D eigenvalue weighted by molar-refractivity contribution is 14.1. The number of nitrogens with zero attached hydrogens (tertiary/aromatic N) is 1. The van der Waals surface area contributed by atoms with Crippen LogP contribution in [0.1, 0.15) is 29.6 Å². The van der Waals surface area contributed by atoms with Crippen LogP contribution in [0.4, 0.5) is 5.69 Å². The number of piperidine rings is 1. The molecule has 0 spiro atoms. The van der Waals surface area contributed by atoms with E-state index in [1.807, 2.05) is 12.1 Å². The Morgan fingerprint density at radius 2 is 1.60 bits per heavy atom. The molecular weight excluding hydrogens is 451 g/mol. The van der Waals surface area contributed by atoms with E-state index in [1.165, 1.54) is 10.4 Å². The molecule has 5 nitrogen and oxygen atoms in total. The smallest absolute Gasteiger partial charge is 0.257 e. The number of nitrogens with one attached hydrogen (secondary N) is 1. The van der Waals surface area contributed by atoms with Crippen molar-refractivity contribution in [1.29, 1.82) is 0 Å². The van der Waals surface area contributed by atoms with Crippen LogP contribution in [-0.2, 0) is 10.0 Å². The van der Waals surface area contributed by atoms with Gasteiger partial charge in [0.15, 0.2) is 0 Å². The van der Waals surface area contributed by atoms with Crippen LogP contribution in [0.2, 0.25) is 0 Å². The van der Waals surface area contributed by atoms with Crippen LogP contribution < -0.4 is 5.32 Å². The highest BCUT2D eigenvalue weighted by Crippen LogP contribution is 2.24. The molecule has 25 heavy (non-hydrogen) atoms. The predicted molar refractivity (Wildman–Crippen MR) is 106 cm³/mol. The Hall–Kier alpha value is -1.45. The highest BCUT2D eigenvalue weighted by atomic mass is 127. The lowest BCUT2D eigenvalue weighted by Crippen LogP contribution is -2.36. The molecule has 0 bridgehead atoms. The SMILES string of the molecule is O=C(Nc1ccc(I)cc1)c1ccccc1S(=O)(=O)N1CCCCC1. The first-order valence-electron chi connectivity index (χ1n) is 8.14. The lowest BCUT2D eigenvalue weighted by Gasteiger charge is -2.26. The first kappa shape index (κ1) is 18.3. The minimum atomic E-state index is -3.67. The van der Waals surface area contributed by atoms with E-state index in [-0.39, 0.29) is 10.5 Å². The molecule has 2 aromatic rings. The normalized spacial score (nSPS) is 15.7. The van der Waals surface area contributed by atoms with Crippen LogP contribution in [0.5, 0.6) is 0 Å². The zero-order chi connectivity index (χ0) is 17.9. The van der Waals surface area contributed by atoms with Gasteiger partial charge in [-0.25, -0.2) is 8.42 Å². The van der Waals surface area contributed by atoms with Crippen molar-refractivity contribution in [3.63, 3.8) is 0 Å². The largest absolute Gasteiger partial charge is 0.322 e. The van der Waals surface area contributed by atoms with Crippen molar-refractivity contribution < 1.29 is 13.2 Å². The molecular formula is C18H19IN2O3S. The van der Waals surface area contributed by atoms with Crippen molar-refractivity contribution in [2.24, 2.45) is 0 Å². The van der Waals surface area contributed by atoms with Gasteiger partial charge in [0.1, 0.15) is 0 Å². The second kappa shape index (κ2) is 7.84. The number of hydrogen-bond donors (Lipinski definition) is 1. The Balaban J connectivity index is 1.89. The van der Waals surface area contributed by atoms with Crippen LogP contribution in [-0.4, -0.2) is 31.7 Å². The molecule has 1 heterocycles. The number of halogens is 1. The Kier molecular flexibility index (Phi) is 5.75. The summed E-state index contributed by atoms with van der Waals surface area (Å²) in [7, 11) is -3.67. The van der Waals surface area contributed by atoms with Crippen molar-refractivity contribution >= 4 is 44.2 Å². The van der Waals surface area contributed by atoms with Gasteiger partial charge in [-0.2, -0.15) is 4.31 Å². The third-order valence-corrected chi connectivity index (χ3v) is 6.84. The molecule has 1 aliphatic rings. The summed E-state index contributed by atoms with van der Waals surface area (Å²) in [6.45, 7) is 1.02. The minimum absolute atomic E-state index is 0.0694. The van der Waals surface area contributed by atoms with Gasteiger partial charge in [-0.15, -0.1) is 0 Å². The van der Waals surface area contributed by atoms with Gasteiger partial charge < -0.3 is 5.32 Å². The van der Waals surface area contributed by atoms with Crippen LogP contribution in [0.25, 0.3) is 0 Å². The van der Waals surface area contributed by atoms with E-state index in [9.17, 15) is 13.2 Å². The molecule has 1 amide bonds. The van der Waals surface area contributed by atoms with Gasteiger partial charge in [0.05, 0.1) is 10.5 Å². The summed E-state index contributed by atoms with van der Waals surface area (Å²) in [5.41, 5.74) is 0.808. The number of carbonyl (C=O) groups excluding carboxylic acids is 1. The fraction of sp³-hybridized carbons (Fsp3) is 0.278. The lowest BCUT2D eigenvalue weighted by atomic mass is 10.2. The standard InChI is InChI=1S/C18H19IN2O3S/c19-14-8-10-15(11-9-14)20-18(22)16-6-2-3-7-17(16)25(23,24)21-12-4-1-5-13-21/h2-3,6-11H,1,4-5,12-13H2,(H,20,22). The molecule has 7 heteroatoms. The molecule has 0 unspecified atom stereocenters. The van der Waals surface area contributed by atoms with Crippen LogP contribution in [0, 0.1) is 3.57 Å². The van der Waals surface area contributed by atoms with Gasteiger partial charge in [0.25, 0.3) is 5.91 Å². The molecule has 1 saturated heterocycles. The first-order chi connectivity index (χ1) is 12.0. The second-order valence-corrected chi connectivity index (χ2v) is 9.07. The number of benzene rings is 2. The number of amides is 1. The monoisotopic (exact) mass is 470 g/mol. The zero-order valence-electron chi connectivity index (χ0n) is 13.6. The number of sulfonamides is 1. The minimum Gasteiger partial charge on any atom is -0.322 e. The molecule has 1 aliphatic heterocycles. The van der Waals surface area contributed by atoms with Gasteiger partial charge in [-0.05, 0) is 71.8 Å². The summed E-state index contributed by atoms with van der Waals surface area (Å²) in [6.07, 6.45) is 2.76. The fourth-order valence-electron chi connectivity index (χ4n) is 2.86. The maximum absolute atomic E-state index is 13.0. The van der Waals surface area contributed by atoms with E-state index in [4.69, 9.17) is 0 Å². The maximum Gasteiger partial charge on any atom is 0.257 e. The van der Waals surface area contributed by atoms with Gasteiger partial charge in [-0.3, -0.25) is 4.79 Å². The van der Waals surface area contributed by atoms with Gasteiger partial charge >= 0.3 is 0 Å². The lowest BCUT2D eigenvalue weighted by molar-refractivity contribution is 0.102. The Morgan fingerprint density at radius 3 is 2.28 bits per heavy atom. The third-order valence-electron chi connectivity index (χ3n) is 4.17. The Labute approximate surface area is 161 Å². The number of carbonyl (C=O) groups is 1. The van der Waals surface area contributed by atoms with Crippen molar-refractivity contribution in [2.45, 2.75) is 24.2 Å². The highest BCUT2D eigenvalue weighted by Gasteiger charge is 2.29. The third kappa shape index (κ3) is 4.21. The summed E-state index contributed by atoms with van der Waals surface area (Å²) in [5, 5.41) is 2.78. The molecule has 3 rings (SSSR count). The molecule has 0 aliphatic carbocycles. The fourth-order valence-corrected chi connectivity index (χ4v) is 4.92. The van der Waals surface area contributed by atoms with E-state index in [2.05, 4.69) is 27.9 Å². The summed E-state index contributed by atoms with van der Waals surface area (Å²) in [6, 6.07) is 13.7. The first-order valence-corrected chi connectivity index (χ1v) is 10.7. The molecule has 132 valence electrons. The van der Waals surface area contributed by atoms with Crippen molar-refractivity contribution in [3.05, 3.63) is 57.7 Å². The van der Waals surface area contributed by atoms with Gasteiger partial charge in [0.2, 0.25) is 10.0 Å². The summed E-state index contributed by atoms with van der Waals surface area (Å²) in [5.74, 6) is -0.419. The Morgan fingerprint density at radius 1 is 0.960 bits per heavy atom. The number of anilines is 1. The summed E-state index contributed by atoms with van der Waals surface area (Å²) >= 11 is 2.18. The van der Waals surface area contributed by atoms with Crippen molar-refractivity contribution in [2.75, 3.05) is 18.4 Å². The average molecular weight is 470 g/mol. The maximum atomic E-state index is 13.0. The van der Waals surface area contributed by atoms with E-state index >= 15 is 0 Å². The molecule has 1 fully saturated rings. The Bertz CT molecular complexity index is 860. The quantitative estimate of drug-likeness (QED) is 0.693. The summed E-state index contributed by atoms with van der Waals surface area (Å²) in [4.78, 5) is 12.7. The average Bonchev–Trinajstić information content (AvgIpc) is 2.64. The number of hydrogen-bond acceptors (Lipinski definition) is 3. The summed E-state index contributed by atoms with van der Waals surface area (Å²) < 4.78 is 28.4. The second-order valence-electron chi connectivity index (χ2n) is 5.92. The number of rotatable bonds is 4. The van der Waals surface area contributed by atoms with Gasteiger partial charge in [0, 0.05) is 22.3 Å². The zero-order valence-corrected chi connectivity index (χ0v) is 16.6. The molecule has 0 radical (unpaired) electrons. The van der Waals surface area contributed by atoms with Crippen LogP contribution in [0.3, 0.4) is 0 Å². The van der Waals surface area contributed by atoms with Crippen molar-refractivity contribution in [3.8, 4) is 0 Å². The van der Waals surface area contributed by atoms with E-state index in [0.29, 0.717) is 18.8 Å². The van der Waals surface area contributed by atoms with E-state index in [1.54, 1.807) is 30.3 Å². The molecule has 1 N–H and O–H groups in total. The van der Waals surface area contributed by atoms with E-state index < -0.39 is 15.9 Å². The molecule has 0 atom stereocenters.